The highest BCUT2D eigenvalue weighted by atomic mass is 19.4. The number of carbonyl (C=O) groups is 1. The van der Waals surface area contributed by atoms with Crippen LogP contribution in [-0.2, 0) is 11.0 Å². The Morgan fingerprint density at radius 1 is 1.11 bits per heavy atom. The van der Waals surface area contributed by atoms with Crippen molar-refractivity contribution in [3.63, 3.8) is 0 Å². The van der Waals surface area contributed by atoms with Crippen LogP contribution in [0.2, 0.25) is 0 Å². The third kappa shape index (κ3) is 4.75. The molecule has 0 radical (unpaired) electrons. The van der Waals surface area contributed by atoms with E-state index in [1.807, 2.05) is 15.9 Å². The average molecular weight is 390 g/mol. The van der Waals surface area contributed by atoms with E-state index in [1.54, 1.807) is 12.1 Å². The number of rotatable bonds is 4. The molecule has 1 saturated heterocycles. The molecule has 146 valence electrons. The first-order valence-corrected chi connectivity index (χ1v) is 8.54. The highest BCUT2D eigenvalue weighted by Gasteiger charge is 2.33. The number of nitrogens with zero attached hydrogens (tertiary/aromatic N) is 5. The summed E-state index contributed by atoms with van der Waals surface area (Å²) in [5.74, 6) is 0.144. The Balaban J connectivity index is 1.54. The van der Waals surface area contributed by atoms with Crippen LogP contribution in [0, 0.1) is 11.3 Å². The molecular weight excluding hydrogens is 373 g/mol. The quantitative estimate of drug-likeness (QED) is 0.861. The SMILES string of the molecule is N#Cc1ccc(N2CCN(CC(=O)Nc3ccccc3C(F)(F)F)CC2)nn1. The zero-order valence-electron chi connectivity index (χ0n) is 14.8. The van der Waals surface area contributed by atoms with Crippen LogP contribution < -0.4 is 10.2 Å². The Labute approximate surface area is 159 Å². The number of anilines is 2. The largest absolute Gasteiger partial charge is 0.418 e. The van der Waals surface area contributed by atoms with Crippen molar-refractivity contribution in [1.29, 1.82) is 5.26 Å². The molecule has 0 aliphatic carbocycles. The summed E-state index contributed by atoms with van der Waals surface area (Å²) in [6.07, 6.45) is -4.53. The monoisotopic (exact) mass is 390 g/mol. The molecule has 1 aromatic heterocycles. The third-order valence-electron chi connectivity index (χ3n) is 4.34. The van der Waals surface area contributed by atoms with Crippen LogP contribution in [0.5, 0.6) is 0 Å². The molecule has 3 rings (SSSR count). The topological polar surface area (TPSA) is 85.2 Å². The summed E-state index contributed by atoms with van der Waals surface area (Å²) in [5.41, 5.74) is -0.878. The van der Waals surface area contributed by atoms with Gasteiger partial charge in [-0.3, -0.25) is 9.69 Å². The molecule has 1 aliphatic rings. The molecule has 0 unspecified atom stereocenters. The molecule has 7 nitrogen and oxygen atoms in total. The number of nitrogens with one attached hydrogen (secondary N) is 1. The lowest BCUT2D eigenvalue weighted by molar-refractivity contribution is -0.137. The van der Waals surface area contributed by atoms with Crippen molar-refractivity contribution in [2.24, 2.45) is 0 Å². The smallest absolute Gasteiger partial charge is 0.353 e. The van der Waals surface area contributed by atoms with E-state index in [4.69, 9.17) is 5.26 Å². The zero-order chi connectivity index (χ0) is 20.1. The molecule has 1 N–H and O–H groups in total. The number of alkyl halides is 3. The van der Waals surface area contributed by atoms with Gasteiger partial charge in [-0.1, -0.05) is 12.1 Å². The van der Waals surface area contributed by atoms with Gasteiger partial charge in [-0.25, -0.2) is 0 Å². The lowest BCUT2D eigenvalue weighted by Gasteiger charge is -2.34. The summed E-state index contributed by atoms with van der Waals surface area (Å²) in [5, 5.41) is 18.9. The van der Waals surface area contributed by atoms with Crippen molar-refractivity contribution in [2.75, 3.05) is 42.9 Å². The Morgan fingerprint density at radius 3 is 2.43 bits per heavy atom. The molecule has 0 bridgehead atoms. The number of aromatic nitrogens is 2. The van der Waals surface area contributed by atoms with E-state index in [-0.39, 0.29) is 17.9 Å². The first kappa shape index (κ1) is 19.6. The standard InChI is InChI=1S/C18H17F3N6O/c19-18(20,21)14-3-1-2-4-15(14)23-17(28)12-26-7-9-27(10-8-26)16-6-5-13(11-22)24-25-16/h1-6H,7-10,12H2,(H,23,28). The number of halogens is 3. The van der Waals surface area contributed by atoms with Crippen molar-refractivity contribution in [1.82, 2.24) is 15.1 Å². The summed E-state index contributed by atoms with van der Waals surface area (Å²) < 4.78 is 39.0. The zero-order valence-corrected chi connectivity index (χ0v) is 14.8. The molecule has 0 spiro atoms. The fraction of sp³-hybridized carbons (Fsp3) is 0.333. The molecule has 2 aromatic rings. The van der Waals surface area contributed by atoms with Crippen molar-refractivity contribution in [2.45, 2.75) is 6.18 Å². The van der Waals surface area contributed by atoms with Gasteiger partial charge in [-0.2, -0.15) is 18.4 Å². The summed E-state index contributed by atoms with van der Waals surface area (Å²) in [6, 6.07) is 10.1. The maximum absolute atomic E-state index is 13.0. The van der Waals surface area contributed by atoms with Crippen LogP contribution in [0.3, 0.4) is 0 Å². The number of amides is 1. The van der Waals surface area contributed by atoms with Gasteiger partial charge in [-0.15, -0.1) is 10.2 Å². The molecular formula is C18H17F3N6O. The van der Waals surface area contributed by atoms with E-state index in [1.165, 1.54) is 18.2 Å². The van der Waals surface area contributed by atoms with Gasteiger partial charge >= 0.3 is 6.18 Å². The van der Waals surface area contributed by atoms with Gasteiger partial charge in [0.2, 0.25) is 5.91 Å². The number of para-hydroxylation sites is 1. The number of carbonyl (C=O) groups excluding carboxylic acids is 1. The normalized spacial score (nSPS) is 15.1. The highest BCUT2D eigenvalue weighted by molar-refractivity contribution is 5.93. The minimum atomic E-state index is -4.53. The highest BCUT2D eigenvalue weighted by Crippen LogP contribution is 2.34. The predicted molar refractivity (Wildman–Crippen MR) is 95.5 cm³/mol. The fourth-order valence-corrected chi connectivity index (χ4v) is 2.92. The number of hydrogen-bond acceptors (Lipinski definition) is 6. The summed E-state index contributed by atoms with van der Waals surface area (Å²) in [4.78, 5) is 16.0. The second-order valence-corrected chi connectivity index (χ2v) is 6.24. The van der Waals surface area contributed by atoms with Crippen LogP contribution >= 0.6 is 0 Å². The maximum Gasteiger partial charge on any atom is 0.418 e. The number of benzene rings is 1. The van der Waals surface area contributed by atoms with Crippen LogP contribution in [0.15, 0.2) is 36.4 Å². The van der Waals surface area contributed by atoms with Gasteiger partial charge in [0.1, 0.15) is 6.07 Å². The second kappa shape index (κ2) is 8.22. The second-order valence-electron chi connectivity index (χ2n) is 6.24. The molecule has 28 heavy (non-hydrogen) atoms. The lowest BCUT2D eigenvalue weighted by Crippen LogP contribution is -2.49. The minimum Gasteiger partial charge on any atom is -0.353 e. The molecule has 2 heterocycles. The Morgan fingerprint density at radius 2 is 1.82 bits per heavy atom. The maximum atomic E-state index is 13.0. The Kier molecular flexibility index (Phi) is 5.75. The van der Waals surface area contributed by atoms with Crippen molar-refractivity contribution >= 4 is 17.4 Å². The summed E-state index contributed by atoms with van der Waals surface area (Å²) >= 11 is 0. The number of hydrogen-bond donors (Lipinski definition) is 1. The van der Waals surface area contributed by atoms with Gasteiger partial charge in [0.15, 0.2) is 11.5 Å². The van der Waals surface area contributed by atoms with Crippen LogP contribution in [-0.4, -0.2) is 53.7 Å². The molecule has 1 aliphatic heterocycles. The van der Waals surface area contributed by atoms with Gasteiger partial charge in [0.05, 0.1) is 17.8 Å². The van der Waals surface area contributed by atoms with Gasteiger partial charge < -0.3 is 10.2 Å². The van der Waals surface area contributed by atoms with E-state index in [0.717, 1.165) is 6.07 Å². The third-order valence-corrected chi connectivity index (χ3v) is 4.34. The van der Waals surface area contributed by atoms with E-state index in [2.05, 4.69) is 15.5 Å². The predicted octanol–water partition coefficient (Wildman–Crippen LogP) is 2.13. The summed E-state index contributed by atoms with van der Waals surface area (Å²) in [6.45, 7) is 2.28. The first-order chi connectivity index (χ1) is 13.4. The van der Waals surface area contributed by atoms with E-state index < -0.39 is 17.6 Å². The van der Waals surface area contributed by atoms with Crippen LogP contribution in [0.4, 0.5) is 24.7 Å². The first-order valence-electron chi connectivity index (χ1n) is 8.54. The Hall–Kier alpha value is -3.19. The molecule has 1 aromatic carbocycles. The number of piperazine rings is 1. The van der Waals surface area contributed by atoms with E-state index >= 15 is 0 Å². The van der Waals surface area contributed by atoms with Crippen molar-refractivity contribution in [3.05, 3.63) is 47.7 Å². The molecule has 1 amide bonds. The van der Waals surface area contributed by atoms with Gasteiger partial charge in [0.25, 0.3) is 0 Å². The van der Waals surface area contributed by atoms with Crippen molar-refractivity contribution < 1.29 is 18.0 Å². The van der Waals surface area contributed by atoms with Gasteiger partial charge in [0, 0.05) is 26.2 Å². The Bertz CT molecular complexity index is 870. The van der Waals surface area contributed by atoms with Crippen molar-refractivity contribution in [3.8, 4) is 6.07 Å². The van der Waals surface area contributed by atoms with Gasteiger partial charge in [-0.05, 0) is 24.3 Å². The fourth-order valence-electron chi connectivity index (χ4n) is 2.92. The average Bonchev–Trinajstić information content (AvgIpc) is 2.68. The van der Waals surface area contributed by atoms with E-state index in [9.17, 15) is 18.0 Å². The molecule has 0 saturated carbocycles. The summed E-state index contributed by atoms with van der Waals surface area (Å²) in [7, 11) is 0. The molecule has 10 heteroatoms. The lowest BCUT2D eigenvalue weighted by atomic mass is 10.1. The van der Waals surface area contributed by atoms with E-state index in [0.29, 0.717) is 32.0 Å². The molecule has 0 atom stereocenters. The van der Waals surface area contributed by atoms with Crippen LogP contribution in [0.1, 0.15) is 11.3 Å². The molecule has 1 fully saturated rings. The van der Waals surface area contributed by atoms with Crippen LogP contribution in [0.25, 0.3) is 0 Å². The number of nitriles is 1. The minimum absolute atomic E-state index is 0.000912.